The van der Waals surface area contributed by atoms with E-state index in [4.69, 9.17) is 9.15 Å². The topological polar surface area (TPSA) is 88.9 Å². The number of nitrogens with one attached hydrogen (secondary N) is 1. The van der Waals surface area contributed by atoms with Gasteiger partial charge in [-0.05, 0) is 42.7 Å². The van der Waals surface area contributed by atoms with E-state index in [1.54, 1.807) is 6.07 Å². The molecule has 2 aliphatic rings. The predicted octanol–water partition coefficient (Wildman–Crippen LogP) is 2.55. The molecule has 4 rings (SSSR count). The number of sulfonamides is 1. The van der Waals surface area contributed by atoms with Gasteiger partial charge in [0, 0.05) is 13.0 Å². The number of carbonyl (C=O) groups is 1. The van der Waals surface area contributed by atoms with Crippen LogP contribution in [-0.4, -0.2) is 32.3 Å². The highest BCUT2D eigenvalue weighted by Crippen LogP contribution is 2.47. The average molecular weight is 376 g/mol. The van der Waals surface area contributed by atoms with Gasteiger partial charge in [0.15, 0.2) is 6.61 Å². The van der Waals surface area contributed by atoms with Crippen molar-refractivity contribution in [2.75, 3.05) is 19.0 Å². The number of hydrogen-bond donors (Lipinski definition) is 1. The number of rotatable bonds is 5. The fourth-order valence-electron chi connectivity index (χ4n) is 3.10. The molecule has 1 aliphatic carbocycles. The summed E-state index contributed by atoms with van der Waals surface area (Å²) in [6.45, 7) is 2.24. The molecule has 1 N–H and O–H groups in total. The van der Waals surface area contributed by atoms with E-state index in [0.29, 0.717) is 29.0 Å². The van der Waals surface area contributed by atoms with Crippen molar-refractivity contribution in [3.63, 3.8) is 0 Å². The van der Waals surface area contributed by atoms with Crippen LogP contribution in [0.3, 0.4) is 0 Å². The zero-order valence-electron chi connectivity index (χ0n) is 14.6. The van der Waals surface area contributed by atoms with Gasteiger partial charge in [-0.3, -0.25) is 4.79 Å². The van der Waals surface area contributed by atoms with E-state index < -0.39 is 10.0 Å². The monoisotopic (exact) mass is 376 g/mol. The lowest BCUT2D eigenvalue weighted by Crippen LogP contribution is -2.28. The Morgan fingerprint density at radius 1 is 1.27 bits per heavy atom. The Balaban J connectivity index is 1.53. The van der Waals surface area contributed by atoms with E-state index >= 15 is 0 Å². The van der Waals surface area contributed by atoms with E-state index in [9.17, 15) is 13.2 Å². The highest BCUT2D eigenvalue weighted by atomic mass is 32.2. The van der Waals surface area contributed by atoms with Crippen LogP contribution >= 0.6 is 0 Å². The largest absolute Gasteiger partial charge is 0.482 e. The Hall–Kier alpha value is -2.32. The van der Waals surface area contributed by atoms with Gasteiger partial charge in [0.25, 0.3) is 5.91 Å². The zero-order chi connectivity index (χ0) is 18.5. The van der Waals surface area contributed by atoms with E-state index in [1.165, 1.54) is 23.5 Å². The molecule has 7 nitrogen and oxygen atoms in total. The van der Waals surface area contributed by atoms with Gasteiger partial charge in [0.1, 0.15) is 17.3 Å². The van der Waals surface area contributed by atoms with Gasteiger partial charge in [0.2, 0.25) is 10.0 Å². The third-order valence-electron chi connectivity index (χ3n) is 4.83. The third-order valence-corrected chi connectivity index (χ3v) is 6.63. The number of anilines is 1. The molecule has 0 radical (unpaired) electrons. The molecule has 1 amide bonds. The van der Waals surface area contributed by atoms with Gasteiger partial charge >= 0.3 is 0 Å². The second kappa shape index (κ2) is 6.14. The fraction of sp³-hybridized carbons (Fsp3) is 0.389. The summed E-state index contributed by atoms with van der Waals surface area (Å²) in [5.74, 6) is 2.77. The number of furan rings is 1. The standard InChI is InChI=1S/C18H20N2O5S/c1-11-7-14(11)16-5-3-12(25-16)9-20(2)26(22,23)13-4-6-17-15(8-13)19-18(21)10-24-17/h3-6,8,11,14H,7,9-10H2,1-2H3,(H,19,21)/t11-,14-/m1/s1. The number of nitrogens with zero attached hydrogens (tertiary/aromatic N) is 1. The summed E-state index contributed by atoms with van der Waals surface area (Å²) in [5, 5.41) is 2.62. The van der Waals surface area contributed by atoms with Crippen molar-refractivity contribution in [1.29, 1.82) is 0 Å². The van der Waals surface area contributed by atoms with Crippen molar-refractivity contribution in [3.05, 3.63) is 41.9 Å². The molecule has 0 saturated heterocycles. The average Bonchev–Trinajstić information content (AvgIpc) is 3.15. The maximum Gasteiger partial charge on any atom is 0.262 e. The van der Waals surface area contributed by atoms with E-state index in [-0.39, 0.29) is 24.0 Å². The second-order valence-corrected chi connectivity index (χ2v) is 8.92. The van der Waals surface area contributed by atoms with Crippen molar-refractivity contribution in [2.45, 2.75) is 30.7 Å². The first-order valence-electron chi connectivity index (χ1n) is 8.46. The molecule has 8 heteroatoms. The number of amides is 1. The van der Waals surface area contributed by atoms with Crippen molar-refractivity contribution >= 4 is 21.6 Å². The molecular weight excluding hydrogens is 356 g/mol. The zero-order valence-corrected chi connectivity index (χ0v) is 15.4. The lowest BCUT2D eigenvalue weighted by Gasteiger charge is -2.20. The first-order chi connectivity index (χ1) is 12.3. The van der Waals surface area contributed by atoms with Crippen LogP contribution in [-0.2, 0) is 21.4 Å². The first-order valence-corrected chi connectivity index (χ1v) is 9.90. The molecule has 26 heavy (non-hydrogen) atoms. The first kappa shape index (κ1) is 17.1. The molecule has 2 aromatic rings. The van der Waals surface area contributed by atoms with Crippen molar-refractivity contribution in [2.24, 2.45) is 5.92 Å². The molecule has 1 aromatic heterocycles. The number of carbonyl (C=O) groups excluding carboxylic acids is 1. The predicted molar refractivity (Wildman–Crippen MR) is 94.4 cm³/mol. The molecule has 0 unspecified atom stereocenters. The van der Waals surface area contributed by atoms with Gasteiger partial charge < -0.3 is 14.5 Å². The molecule has 138 valence electrons. The molecule has 1 saturated carbocycles. The summed E-state index contributed by atoms with van der Waals surface area (Å²) in [6, 6.07) is 8.19. The summed E-state index contributed by atoms with van der Waals surface area (Å²) in [7, 11) is -2.22. The Morgan fingerprint density at radius 3 is 2.77 bits per heavy atom. The summed E-state index contributed by atoms with van der Waals surface area (Å²) >= 11 is 0. The summed E-state index contributed by atoms with van der Waals surface area (Å²) in [6.07, 6.45) is 1.12. The van der Waals surface area contributed by atoms with Gasteiger partial charge in [0.05, 0.1) is 17.1 Å². The fourth-order valence-corrected chi connectivity index (χ4v) is 4.27. The molecule has 2 atom stereocenters. The van der Waals surface area contributed by atoms with Crippen LogP contribution in [0.4, 0.5) is 5.69 Å². The van der Waals surface area contributed by atoms with Crippen LogP contribution in [0.25, 0.3) is 0 Å². The molecule has 1 aliphatic heterocycles. The van der Waals surface area contributed by atoms with Crippen molar-refractivity contribution < 1.29 is 22.4 Å². The number of benzene rings is 1. The molecule has 2 heterocycles. The Morgan fingerprint density at radius 2 is 2.04 bits per heavy atom. The smallest absolute Gasteiger partial charge is 0.262 e. The Bertz CT molecular complexity index is 966. The minimum absolute atomic E-state index is 0.0700. The van der Waals surface area contributed by atoms with Crippen LogP contribution in [0.15, 0.2) is 39.6 Å². The van der Waals surface area contributed by atoms with Crippen LogP contribution in [0.1, 0.15) is 30.8 Å². The van der Waals surface area contributed by atoms with Crippen molar-refractivity contribution in [1.82, 2.24) is 4.31 Å². The molecule has 0 bridgehead atoms. The number of hydrogen-bond acceptors (Lipinski definition) is 5. The quantitative estimate of drug-likeness (QED) is 0.866. The number of fused-ring (bicyclic) bond motifs is 1. The van der Waals surface area contributed by atoms with Crippen LogP contribution < -0.4 is 10.1 Å². The van der Waals surface area contributed by atoms with Crippen LogP contribution in [0.2, 0.25) is 0 Å². The second-order valence-electron chi connectivity index (χ2n) is 6.88. The van der Waals surface area contributed by atoms with Gasteiger partial charge in [-0.1, -0.05) is 6.92 Å². The SMILES string of the molecule is C[C@@H]1C[C@H]1c1ccc(CN(C)S(=O)(=O)c2ccc3c(c2)NC(=O)CO3)o1. The van der Waals surface area contributed by atoms with Crippen LogP contribution in [0.5, 0.6) is 5.75 Å². The minimum atomic E-state index is -3.73. The normalized spacial score (nSPS) is 21.9. The maximum atomic E-state index is 12.8. The molecule has 0 spiro atoms. The highest BCUT2D eigenvalue weighted by Gasteiger charge is 2.36. The van der Waals surface area contributed by atoms with Gasteiger partial charge in [-0.25, -0.2) is 8.42 Å². The summed E-state index contributed by atoms with van der Waals surface area (Å²) in [5.41, 5.74) is 0.360. The summed E-state index contributed by atoms with van der Waals surface area (Å²) in [4.78, 5) is 11.5. The lowest BCUT2D eigenvalue weighted by molar-refractivity contribution is -0.118. The highest BCUT2D eigenvalue weighted by molar-refractivity contribution is 7.89. The van der Waals surface area contributed by atoms with E-state index in [0.717, 1.165) is 12.2 Å². The molecular formula is C18H20N2O5S. The minimum Gasteiger partial charge on any atom is -0.482 e. The maximum absolute atomic E-state index is 12.8. The van der Waals surface area contributed by atoms with E-state index in [2.05, 4.69) is 12.2 Å². The number of ether oxygens (including phenoxy) is 1. The lowest BCUT2D eigenvalue weighted by atomic mass is 10.2. The molecule has 1 aromatic carbocycles. The van der Waals surface area contributed by atoms with Crippen LogP contribution in [0, 0.1) is 5.92 Å². The third kappa shape index (κ3) is 3.10. The molecule has 1 fully saturated rings. The Kier molecular flexibility index (Phi) is 4.04. The Labute approximate surface area is 152 Å². The van der Waals surface area contributed by atoms with Gasteiger partial charge in [-0.15, -0.1) is 0 Å². The van der Waals surface area contributed by atoms with Crippen molar-refractivity contribution in [3.8, 4) is 5.75 Å². The summed E-state index contributed by atoms with van der Waals surface area (Å²) < 4.78 is 38.0. The van der Waals surface area contributed by atoms with E-state index in [1.807, 2.05) is 12.1 Å². The van der Waals surface area contributed by atoms with Gasteiger partial charge in [-0.2, -0.15) is 4.31 Å².